The van der Waals surface area contributed by atoms with E-state index in [1.807, 2.05) is 6.07 Å². The summed E-state index contributed by atoms with van der Waals surface area (Å²) in [7, 11) is 0. The molecule has 0 spiro atoms. The van der Waals surface area contributed by atoms with E-state index in [4.69, 9.17) is 23.2 Å². The number of hydrogen-bond donors (Lipinski definition) is 0. The molecular formula is C16H15Cl2Sn+. The third kappa shape index (κ3) is 2.35. The molecule has 1 heterocycles. The van der Waals surface area contributed by atoms with Crippen molar-refractivity contribution < 1.29 is 11.6 Å². The van der Waals surface area contributed by atoms with Gasteiger partial charge in [0.2, 0.25) is 0 Å². The normalized spacial score (nSPS) is 15.6. The Morgan fingerprint density at radius 1 is 0.895 bits per heavy atom. The molecule has 0 aliphatic carbocycles. The molecule has 0 atom stereocenters. The van der Waals surface area contributed by atoms with Crippen LogP contribution in [0.25, 0.3) is 12.2 Å². The van der Waals surface area contributed by atoms with Crippen LogP contribution in [-0.2, 0) is 0 Å². The van der Waals surface area contributed by atoms with Crippen LogP contribution in [0.5, 0.6) is 0 Å². The van der Waals surface area contributed by atoms with Gasteiger partial charge in [-0.3, -0.25) is 0 Å². The van der Waals surface area contributed by atoms with E-state index in [0.717, 1.165) is 10.0 Å². The number of fused-ring (bicyclic) bond motifs is 2. The maximum absolute atomic E-state index is 6.13. The molecule has 0 aromatic heterocycles. The van der Waals surface area contributed by atoms with Crippen molar-refractivity contribution in [3.8, 4) is 0 Å². The second-order valence-corrected chi connectivity index (χ2v) is 18.7. The molecule has 0 bridgehead atoms. The van der Waals surface area contributed by atoms with Crippen LogP contribution in [0.1, 0.15) is 11.1 Å². The SMILES string of the molecule is [CH3][Sn]1([CH3])[c]2ccc(Cl)cc2C=Cc2cc([ClH+])cc[c]21. The molecule has 1 aliphatic heterocycles. The third-order valence-electron chi connectivity index (χ3n) is 3.83. The van der Waals surface area contributed by atoms with Gasteiger partial charge in [-0.2, -0.15) is 0 Å². The van der Waals surface area contributed by atoms with Gasteiger partial charge in [-0.05, 0) is 0 Å². The second kappa shape index (κ2) is 4.83. The summed E-state index contributed by atoms with van der Waals surface area (Å²) in [6, 6.07) is 12.7. The molecule has 0 saturated carbocycles. The zero-order valence-electron chi connectivity index (χ0n) is 10.9. The van der Waals surface area contributed by atoms with Crippen molar-refractivity contribution in [1.82, 2.24) is 0 Å². The fourth-order valence-corrected chi connectivity index (χ4v) is 11.9. The van der Waals surface area contributed by atoms with E-state index in [1.165, 1.54) is 18.3 Å². The van der Waals surface area contributed by atoms with E-state index < -0.39 is 18.4 Å². The number of benzene rings is 2. The molecule has 0 N–H and O–H groups in total. The van der Waals surface area contributed by atoms with Crippen molar-refractivity contribution in [2.75, 3.05) is 0 Å². The van der Waals surface area contributed by atoms with Crippen LogP contribution >= 0.6 is 11.6 Å². The molecule has 0 unspecified atom stereocenters. The number of halogens is 2. The maximum atomic E-state index is 6.13. The van der Waals surface area contributed by atoms with Crippen LogP contribution in [0.15, 0.2) is 36.4 Å². The standard InChI is InChI=1S/C14H9Cl2.2CH3.Sn/c15-13-5-1-3-11(9-13)7-8-12-4-2-6-14(16)10-12;;;/h1-2,5-10,15H;2*1H3;/q+1;;;. The Labute approximate surface area is 127 Å². The van der Waals surface area contributed by atoms with Crippen LogP contribution in [0.4, 0.5) is 0 Å². The van der Waals surface area contributed by atoms with Gasteiger partial charge in [-0.25, -0.2) is 0 Å². The Bertz CT molecular complexity index is 630. The van der Waals surface area contributed by atoms with Crippen molar-refractivity contribution in [3.05, 3.63) is 57.6 Å². The topological polar surface area (TPSA) is 0 Å². The molecule has 2 aromatic rings. The molecular weight excluding hydrogens is 382 g/mol. The van der Waals surface area contributed by atoms with E-state index in [2.05, 4.69) is 52.4 Å². The number of rotatable bonds is 0. The van der Waals surface area contributed by atoms with E-state index in [1.54, 1.807) is 0 Å². The van der Waals surface area contributed by atoms with Crippen LogP contribution in [0.3, 0.4) is 0 Å². The van der Waals surface area contributed by atoms with Crippen molar-refractivity contribution in [3.63, 3.8) is 0 Å². The molecule has 0 saturated heterocycles. The first-order valence-electron chi connectivity index (χ1n) is 6.28. The molecule has 0 fully saturated rings. The van der Waals surface area contributed by atoms with E-state index >= 15 is 0 Å². The Morgan fingerprint density at radius 3 is 2.16 bits per heavy atom. The summed E-state index contributed by atoms with van der Waals surface area (Å²) in [5.41, 5.74) is 2.57. The summed E-state index contributed by atoms with van der Waals surface area (Å²) in [5.74, 6) is 0. The zero-order chi connectivity index (χ0) is 13.6. The third-order valence-corrected chi connectivity index (χ3v) is 14.6. The molecule has 96 valence electrons. The molecule has 0 radical (unpaired) electrons. The zero-order valence-corrected chi connectivity index (χ0v) is 15.3. The van der Waals surface area contributed by atoms with E-state index in [-0.39, 0.29) is 0 Å². The minimum absolute atomic E-state index is 0.806. The Balaban J connectivity index is 2.31. The summed E-state index contributed by atoms with van der Waals surface area (Å²) < 4.78 is 3.02. The van der Waals surface area contributed by atoms with Gasteiger partial charge in [0.05, 0.1) is 0 Å². The van der Waals surface area contributed by atoms with Crippen LogP contribution in [0, 0.1) is 11.6 Å². The van der Waals surface area contributed by atoms with Gasteiger partial charge in [0.25, 0.3) is 0 Å². The average Bonchev–Trinajstić information content (AvgIpc) is 2.45. The van der Waals surface area contributed by atoms with Crippen LogP contribution in [0.2, 0.25) is 19.9 Å². The van der Waals surface area contributed by atoms with Gasteiger partial charge < -0.3 is 0 Å². The van der Waals surface area contributed by atoms with Crippen LogP contribution in [-0.4, -0.2) is 18.4 Å². The quantitative estimate of drug-likeness (QED) is 0.599. The van der Waals surface area contributed by atoms with Crippen molar-refractivity contribution in [2.45, 2.75) is 9.88 Å². The van der Waals surface area contributed by atoms with Crippen LogP contribution < -0.4 is 7.16 Å². The fourth-order valence-electron chi connectivity index (χ4n) is 2.81. The summed E-state index contributed by atoms with van der Waals surface area (Å²) in [4.78, 5) is 4.91. The predicted octanol–water partition coefficient (Wildman–Crippen LogP) is 3.34. The molecule has 19 heavy (non-hydrogen) atoms. The second-order valence-electron chi connectivity index (χ2n) is 5.44. The monoisotopic (exact) mass is 397 g/mol. The molecule has 2 aromatic carbocycles. The van der Waals surface area contributed by atoms with Crippen molar-refractivity contribution in [1.29, 1.82) is 0 Å². The minimum atomic E-state index is -2.54. The molecule has 1 aliphatic rings. The van der Waals surface area contributed by atoms with E-state index in [9.17, 15) is 0 Å². The Hall–Kier alpha value is -0.441. The fraction of sp³-hybridized carbons (Fsp3) is 0.125. The van der Waals surface area contributed by atoms with Gasteiger partial charge in [0.15, 0.2) is 0 Å². The number of hydrogen-bond acceptors (Lipinski definition) is 0. The molecule has 3 rings (SSSR count). The Morgan fingerprint density at radius 2 is 1.47 bits per heavy atom. The first-order valence-corrected chi connectivity index (χ1v) is 15.6. The average molecular weight is 397 g/mol. The summed E-state index contributed by atoms with van der Waals surface area (Å²) in [6.07, 6.45) is 4.37. The summed E-state index contributed by atoms with van der Waals surface area (Å²) in [5, 5.41) is 1.72. The molecule has 0 nitrogen and oxygen atoms in total. The van der Waals surface area contributed by atoms with Gasteiger partial charge >= 0.3 is 128 Å². The first kappa shape index (κ1) is 13.5. The molecule has 0 amide bonds. The summed E-state index contributed by atoms with van der Waals surface area (Å²) in [6.45, 7) is 0. The van der Waals surface area contributed by atoms with Crippen molar-refractivity contribution in [2.24, 2.45) is 0 Å². The van der Waals surface area contributed by atoms with Crippen molar-refractivity contribution >= 4 is 49.3 Å². The van der Waals surface area contributed by atoms with Gasteiger partial charge in [-0.1, -0.05) is 0 Å². The predicted molar refractivity (Wildman–Crippen MR) is 84.1 cm³/mol. The molecule has 3 heteroatoms. The van der Waals surface area contributed by atoms with E-state index in [0.29, 0.717) is 0 Å². The van der Waals surface area contributed by atoms with Gasteiger partial charge in [0, 0.05) is 0 Å². The summed E-state index contributed by atoms with van der Waals surface area (Å²) >= 11 is 8.89. The van der Waals surface area contributed by atoms with Gasteiger partial charge in [0.1, 0.15) is 0 Å². The van der Waals surface area contributed by atoms with Gasteiger partial charge in [-0.15, -0.1) is 0 Å². The Kier molecular flexibility index (Phi) is 3.44. The first-order chi connectivity index (χ1) is 8.98.